The smallest absolute Gasteiger partial charge is 0.145 e. The van der Waals surface area contributed by atoms with E-state index in [9.17, 15) is 19.3 Å². The van der Waals surface area contributed by atoms with Crippen LogP contribution in [-0.2, 0) is 5.41 Å². The lowest BCUT2D eigenvalue weighted by Crippen LogP contribution is -2.26. The Morgan fingerprint density at radius 1 is 1.00 bits per heavy atom. The van der Waals surface area contributed by atoms with Crippen molar-refractivity contribution in [2.75, 3.05) is 0 Å². The first kappa shape index (κ1) is 13.8. The molecule has 5 heteroatoms. The molecule has 0 unspecified atom stereocenters. The molecule has 0 saturated heterocycles. The SMILES string of the molecule is N#CC1=C(N)c2c(F)cccc2[C@]1(C#N)c1ccc(F)cc1. The molecule has 0 aliphatic heterocycles. The van der Waals surface area contributed by atoms with E-state index in [1.807, 2.05) is 6.07 Å². The highest BCUT2D eigenvalue weighted by Gasteiger charge is 2.48. The van der Waals surface area contributed by atoms with Crippen LogP contribution < -0.4 is 5.73 Å². The van der Waals surface area contributed by atoms with E-state index in [0.717, 1.165) is 0 Å². The molecule has 0 spiro atoms. The minimum Gasteiger partial charge on any atom is -0.397 e. The predicted octanol–water partition coefficient (Wildman–Crippen LogP) is 2.98. The fraction of sp³-hybridized carbons (Fsp3) is 0.0588. The Kier molecular flexibility index (Phi) is 2.93. The maximum atomic E-state index is 14.1. The van der Waals surface area contributed by atoms with Crippen molar-refractivity contribution in [1.29, 1.82) is 10.5 Å². The number of fused-ring (bicyclic) bond motifs is 1. The zero-order valence-electron chi connectivity index (χ0n) is 11.3. The first-order valence-corrected chi connectivity index (χ1v) is 6.43. The lowest BCUT2D eigenvalue weighted by Gasteiger charge is -2.23. The van der Waals surface area contributed by atoms with E-state index in [2.05, 4.69) is 6.07 Å². The van der Waals surface area contributed by atoms with Gasteiger partial charge < -0.3 is 5.73 Å². The average molecular weight is 293 g/mol. The van der Waals surface area contributed by atoms with Crippen molar-refractivity contribution in [2.45, 2.75) is 5.41 Å². The number of nitriles is 2. The third kappa shape index (κ3) is 1.57. The topological polar surface area (TPSA) is 73.6 Å². The van der Waals surface area contributed by atoms with Gasteiger partial charge in [0.05, 0.1) is 23.4 Å². The molecule has 0 bridgehead atoms. The maximum Gasteiger partial charge on any atom is 0.145 e. The summed E-state index contributed by atoms with van der Waals surface area (Å²) in [6, 6.07) is 13.4. The van der Waals surface area contributed by atoms with E-state index in [-0.39, 0.29) is 16.8 Å². The van der Waals surface area contributed by atoms with Gasteiger partial charge in [0.25, 0.3) is 0 Å². The molecule has 22 heavy (non-hydrogen) atoms. The third-order valence-corrected chi connectivity index (χ3v) is 3.89. The lowest BCUT2D eigenvalue weighted by molar-refractivity contribution is 0.619. The number of allylic oxidation sites excluding steroid dienone is 1. The third-order valence-electron chi connectivity index (χ3n) is 3.89. The number of hydrogen-bond acceptors (Lipinski definition) is 3. The summed E-state index contributed by atoms with van der Waals surface area (Å²) in [4.78, 5) is 0. The van der Waals surface area contributed by atoms with Gasteiger partial charge in [0.2, 0.25) is 0 Å². The van der Waals surface area contributed by atoms with Crippen LogP contribution in [0.1, 0.15) is 16.7 Å². The molecule has 3 rings (SSSR count). The normalized spacial score (nSPS) is 19.5. The summed E-state index contributed by atoms with van der Waals surface area (Å²) in [5, 5.41) is 19.2. The highest BCUT2D eigenvalue weighted by molar-refractivity contribution is 5.86. The van der Waals surface area contributed by atoms with Gasteiger partial charge in [-0.2, -0.15) is 10.5 Å². The summed E-state index contributed by atoms with van der Waals surface area (Å²) in [6.45, 7) is 0. The van der Waals surface area contributed by atoms with Crippen LogP contribution in [0.5, 0.6) is 0 Å². The molecule has 2 aromatic rings. The Morgan fingerprint density at radius 3 is 2.27 bits per heavy atom. The highest BCUT2D eigenvalue weighted by atomic mass is 19.1. The maximum absolute atomic E-state index is 14.1. The Morgan fingerprint density at radius 2 is 1.68 bits per heavy atom. The minimum atomic E-state index is -1.52. The first-order chi connectivity index (χ1) is 10.6. The summed E-state index contributed by atoms with van der Waals surface area (Å²) in [5.41, 5.74) is 5.03. The Bertz CT molecular complexity index is 886. The lowest BCUT2D eigenvalue weighted by atomic mass is 9.73. The fourth-order valence-electron chi connectivity index (χ4n) is 2.90. The van der Waals surface area contributed by atoms with Crippen LogP contribution in [0.4, 0.5) is 8.78 Å². The van der Waals surface area contributed by atoms with Crippen LogP contribution in [0.15, 0.2) is 48.0 Å². The molecule has 2 aromatic carbocycles. The van der Waals surface area contributed by atoms with E-state index in [1.54, 1.807) is 6.07 Å². The Hall–Kier alpha value is -3.18. The van der Waals surface area contributed by atoms with E-state index >= 15 is 0 Å². The molecule has 0 amide bonds. The van der Waals surface area contributed by atoms with Gasteiger partial charge >= 0.3 is 0 Å². The predicted molar refractivity (Wildman–Crippen MR) is 75.9 cm³/mol. The van der Waals surface area contributed by atoms with Gasteiger partial charge in [-0.1, -0.05) is 24.3 Å². The highest BCUT2D eigenvalue weighted by Crippen LogP contribution is 2.49. The largest absolute Gasteiger partial charge is 0.397 e. The van der Waals surface area contributed by atoms with Gasteiger partial charge in [0.15, 0.2) is 0 Å². The summed E-state index contributed by atoms with van der Waals surface area (Å²) in [5.74, 6) is -1.06. The van der Waals surface area contributed by atoms with Gasteiger partial charge in [0.1, 0.15) is 17.0 Å². The zero-order valence-corrected chi connectivity index (χ0v) is 11.3. The average Bonchev–Trinajstić information content (AvgIpc) is 2.78. The van der Waals surface area contributed by atoms with Crippen molar-refractivity contribution >= 4 is 5.70 Å². The molecule has 3 nitrogen and oxygen atoms in total. The summed E-state index contributed by atoms with van der Waals surface area (Å²) in [7, 11) is 0. The molecule has 0 aromatic heterocycles. The van der Waals surface area contributed by atoms with Crippen molar-refractivity contribution in [3.63, 3.8) is 0 Å². The molecular formula is C17H9F2N3. The summed E-state index contributed by atoms with van der Waals surface area (Å²) >= 11 is 0. The zero-order chi connectivity index (χ0) is 15.9. The van der Waals surface area contributed by atoms with Crippen LogP contribution in [0, 0.1) is 34.3 Å². The van der Waals surface area contributed by atoms with Gasteiger partial charge in [0, 0.05) is 5.56 Å². The van der Waals surface area contributed by atoms with E-state index in [0.29, 0.717) is 11.1 Å². The number of hydrogen-bond donors (Lipinski definition) is 1. The standard InChI is InChI=1S/C17H9F2N3/c18-11-6-4-10(5-7-11)17(9-21)12-2-1-3-14(19)15(12)16(22)13(17)8-20/h1-7H,22H2/t17-/m0/s1. The number of nitrogens with two attached hydrogens (primary N) is 1. The molecule has 2 N–H and O–H groups in total. The second kappa shape index (κ2) is 4.68. The first-order valence-electron chi connectivity index (χ1n) is 6.43. The molecule has 1 atom stereocenters. The summed E-state index contributed by atoms with van der Waals surface area (Å²) < 4.78 is 27.3. The van der Waals surface area contributed by atoms with Gasteiger partial charge in [-0.15, -0.1) is 0 Å². The van der Waals surface area contributed by atoms with Crippen molar-refractivity contribution in [3.8, 4) is 12.1 Å². The van der Waals surface area contributed by atoms with Crippen LogP contribution in [0.25, 0.3) is 5.70 Å². The van der Waals surface area contributed by atoms with Gasteiger partial charge in [-0.3, -0.25) is 0 Å². The minimum absolute atomic E-state index is 0.0401. The number of halogens is 2. The van der Waals surface area contributed by atoms with Crippen LogP contribution in [-0.4, -0.2) is 0 Å². The second-order valence-electron chi connectivity index (χ2n) is 4.93. The molecule has 0 heterocycles. The quantitative estimate of drug-likeness (QED) is 0.878. The Balaban J connectivity index is 2.43. The Labute approximate surface area is 125 Å². The van der Waals surface area contributed by atoms with Crippen LogP contribution in [0.2, 0.25) is 0 Å². The van der Waals surface area contributed by atoms with Crippen molar-refractivity contribution < 1.29 is 8.78 Å². The summed E-state index contributed by atoms with van der Waals surface area (Å²) in [6.07, 6.45) is 0. The second-order valence-corrected chi connectivity index (χ2v) is 4.93. The number of nitrogens with zero attached hydrogens (tertiary/aromatic N) is 2. The van der Waals surface area contributed by atoms with E-state index in [4.69, 9.17) is 5.73 Å². The van der Waals surface area contributed by atoms with Crippen molar-refractivity contribution in [1.82, 2.24) is 0 Å². The van der Waals surface area contributed by atoms with Gasteiger partial charge in [-0.25, -0.2) is 8.78 Å². The van der Waals surface area contributed by atoms with Crippen LogP contribution in [0.3, 0.4) is 0 Å². The molecule has 0 saturated carbocycles. The monoisotopic (exact) mass is 293 g/mol. The number of rotatable bonds is 1. The van der Waals surface area contributed by atoms with Gasteiger partial charge in [-0.05, 0) is 29.3 Å². The molecule has 1 aliphatic rings. The molecule has 1 aliphatic carbocycles. The van der Waals surface area contributed by atoms with Crippen molar-refractivity contribution in [2.24, 2.45) is 5.73 Å². The molecule has 0 fully saturated rings. The van der Waals surface area contributed by atoms with Crippen molar-refractivity contribution in [3.05, 3.63) is 76.4 Å². The molecular weight excluding hydrogens is 284 g/mol. The van der Waals surface area contributed by atoms with Crippen LogP contribution >= 0.6 is 0 Å². The fourth-order valence-corrected chi connectivity index (χ4v) is 2.90. The number of benzene rings is 2. The molecule has 106 valence electrons. The van der Waals surface area contributed by atoms with E-state index in [1.165, 1.54) is 36.4 Å². The van der Waals surface area contributed by atoms with E-state index < -0.39 is 17.0 Å². The molecule has 0 radical (unpaired) electrons.